The number of fused-ring (bicyclic) bond motifs is 1. The molecule has 0 bridgehead atoms. The van der Waals surface area contributed by atoms with Gasteiger partial charge in [-0.2, -0.15) is 0 Å². The van der Waals surface area contributed by atoms with Crippen LogP contribution in [0.4, 0.5) is 17.1 Å². The number of rotatable bonds is 6. The Labute approximate surface area is 213 Å². The minimum absolute atomic E-state index is 0.0246. The van der Waals surface area contributed by atoms with Gasteiger partial charge in [-0.25, -0.2) is 0 Å². The quantitative estimate of drug-likeness (QED) is 0.623. The summed E-state index contributed by atoms with van der Waals surface area (Å²) in [5, 5.41) is 7.74. The number of anilines is 3. The van der Waals surface area contributed by atoms with E-state index >= 15 is 0 Å². The molecule has 0 saturated carbocycles. The van der Waals surface area contributed by atoms with Crippen molar-refractivity contribution in [2.24, 2.45) is 0 Å². The Bertz CT molecular complexity index is 1060. The molecular weight excluding hydrogens is 462 g/mol. The number of nitrogens with one attached hydrogen (secondary N) is 2. The Morgan fingerprint density at radius 2 is 1.86 bits per heavy atom. The van der Waals surface area contributed by atoms with Crippen molar-refractivity contribution in [2.75, 3.05) is 47.8 Å². The van der Waals surface area contributed by atoms with E-state index in [4.69, 9.17) is 11.6 Å². The first-order chi connectivity index (χ1) is 16.8. The number of likely N-dealkylation sites (N-methyl/N-ethyl adjacent to an activating group) is 1. The fourth-order valence-electron chi connectivity index (χ4n) is 5.37. The fourth-order valence-corrected chi connectivity index (χ4v) is 5.50. The fraction of sp³-hybridized carbons (Fsp3) is 0.481. The molecule has 2 aromatic rings. The number of nitrogens with zero attached hydrogens (tertiary/aromatic N) is 3. The van der Waals surface area contributed by atoms with E-state index in [2.05, 4.69) is 34.6 Å². The van der Waals surface area contributed by atoms with Gasteiger partial charge in [0.15, 0.2) is 0 Å². The highest BCUT2D eigenvalue weighted by molar-refractivity contribution is 6.30. The van der Waals surface area contributed by atoms with Crippen molar-refractivity contribution in [2.45, 2.75) is 52.2 Å². The van der Waals surface area contributed by atoms with Crippen LogP contribution in [0.3, 0.4) is 0 Å². The molecule has 4 rings (SSSR count). The molecule has 3 atom stereocenters. The van der Waals surface area contributed by atoms with Crippen LogP contribution in [0.25, 0.3) is 0 Å². The number of carbonyl (C=O) groups excluding carboxylic acids is 2. The highest BCUT2D eigenvalue weighted by atomic mass is 35.5. The Balaban J connectivity index is 1.72. The molecule has 0 aromatic heterocycles. The molecule has 3 unspecified atom stereocenters. The van der Waals surface area contributed by atoms with Gasteiger partial charge in [0, 0.05) is 73.3 Å². The third-order valence-electron chi connectivity index (χ3n) is 7.12. The van der Waals surface area contributed by atoms with Crippen LogP contribution in [0.5, 0.6) is 0 Å². The van der Waals surface area contributed by atoms with Crippen molar-refractivity contribution >= 4 is 40.5 Å². The molecule has 2 aliphatic heterocycles. The van der Waals surface area contributed by atoms with E-state index in [0.717, 1.165) is 42.1 Å². The van der Waals surface area contributed by atoms with Crippen LogP contribution < -0.4 is 20.4 Å². The summed E-state index contributed by atoms with van der Waals surface area (Å²) in [5.74, 6) is 0.183. The normalized spacial score (nSPS) is 21.9. The summed E-state index contributed by atoms with van der Waals surface area (Å²) in [4.78, 5) is 31.9. The third-order valence-corrected chi connectivity index (χ3v) is 7.38. The second-order valence-electron chi connectivity index (χ2n) is 9.34. The van der Waals surface area contributed by atoms with E-state index in [-0.39, 0.29) is 29.9 Å². The van der Waals surface area contributed by atoms with Crippen molar-refractivity contribution in [3.63, 3.8) is 0 Å². The van der Waals surface area contributed by atoms with Crippen molar-refractivity contribution in [1.82, 2.24) is 10.2 Å². The molecule has 1 fully saturated rings. The lowest BCUT2D eigenvalue weighted by molar-refractivity contribution is -0.132. The van der Waals surface area contributed by atoms with Gasteiger partial charge in [0.1, 0.15) is 6.04 Å². The molecule has 0 spiro atoms. The second kappa shape index (κ2) is 10.9. The molecule has 35 heavy (non-hydrogen) atoms. The van der Waals surface area contributed by atoms with Gasteiger partial charge in [0.25, 0.3) is 0 Å². The van der Waals surface area contributed by atoms with E-state index in [1.54, 1.807) is 6.92 Å². The first kappa shape index (κ1) is 25.3. The van der Waals surface area contributed by atoms with Gasteiger partial charge in [-0.05, 0) is 69.7 Å². The SMILES string of the molecule is CCN(CC)C(=O)C1CNCCN1c1ccc2c(c1)C(Nc1ccc(Cl)cc1)CC(C)N2C(C)=O. The van der Waals surface area contributed by atoms with Gasteiger partial charge in [-0.3, -0.25) is 9.59 Å². The van der Waals surface area contributed by atoms with Crippen LogP contribution in [0.1, 0.15) is 45.7 Å². The van der Waals surface area contributed by atoms with E-state index < -0.39 is 0 Å². The summed E-state index contributed by atoms with van der Waals surface area (Å²) >= 11 is 6.09. The van der Waals surface area contributed by atoms with Crippen molar-refractivity contribution < 1.29 is 9.59 Å². The maximum absolute atomic E-state index is 13.3. The van der Waals surface area contributed by atoms with Crippen LogP contribution in [-0.2, 0) is 9.59 Å². The number of hydrogen-bond acceptors (Lipinski definition) is 5. The highest BCUT2D eigenvalue weighted by Gasteiger charge is 2.35. The lowest BCUT2D eigenvalue weighted by Crippen LogP contribution is -2.58. The Morgan fingerprint density at radius 1 is 1.14 bits per heavy atom. The Hall–Kier alpha value is -2.77. The average molecular weight is 498 g/mol. The molecule has 2 N–H and O–H groups in total. The summed E-state index contributed by atoms with van der Waals surface area (Å²) in [6.07, 6.45) is 0.780. The second-order valence-corrected chi connectivity index (χ2v) is 9.78. The molecule has 8 heteroatoms. The monoisotopic (exact) mass is 497 g/mol. The van der Waals surface area contributed by atoms with E-state index in [9.17, 15) is 9.59 Å². The predicted molar refractivity (Wildman–Crippen MR) is 143 cm³/mol. The van der Waals surface area contributed by atoms with Crippen molar-refractivity contribution in [1.29, 1.82) is 0 Å². The maximum Gasteiger partial charge on any atom is 0.246 e. The largest absolute Gasteiger partial charge is 0.378 e. The Kier molecular flexibility index (Phi) is 7.87. The summed E-state index contributed by atoms with van der Waals surface area (Å²) in [6, 6.07) is 13.8. The van der Waals surface area contributed by atoms with E-state index in [1.807, 2.05) is 54.0 Å². The number of halogens is 1. The standard InChI is InChI=1S/C27H36ClN5O2/c1-5-31(6-2)27(35)26-17-29-13-14-32(26)22-11-12-25-23(16-22)24(15-18(3)33(25)19(4)34)30-21-9-7-20(28)8-10-21/h7-12,16,18,24,26,29-30H,5-6,13-15,17H2,1-4H3. The molecule has 7 nitrogen and oxygen atoms in total. The van der Waals surface area contributed by atoms with Gasteiger partial charge in [0.2, 0.25) is 11.8 Å². The lowest BCUT2D eigenvalue weighted by Gasteiger charge is -2.42. The first-order valence-electron chi connectivity index (χ1n) is 12.6. The zero-order valence-electron chi connectivity index (χ0n) is 21.1. The zero-order valence-corrected chi connectivity index (χ0v) is 21.8. The van der Waals surface area contributed by atoms with Crippen LogP contribution in [0, 0.1) is 0 Å². The molecular formula is C27H36ClN5O2. The van der Waals surface area contributed by atoms with Gasteiger partial charge >= 0.3 is 0 Å². The minimum atomic E-state index is -0.254. The molecule has 2 aromatic carbocycles. The summed E-state index contributed by atoms with van der Waals surface area (Å²) in [7, 11) is 0. The maximum atomic E-state index is 13.3. The predicted octanol–water partition coefficient (Wildman–Crippen LogP) is 4.28. The summed E-state index contributed by atoms with van der Waals surface area (Å²) in [5.41, 5.74) is 3.99. The number of hydrogen-bond donors (Lipinski definition) is 2. The van der Waals surface area contributed by atoms with Crippen LogP contribution in [-0.4, -0.2) is 61.5 Å². The topological polar surface area (TPSA) is 67.9 Å². The summed E-state index contributed by atoms with van der Waals surface area (Å²) < 4.78 is 0. The van der Waals surface area contributed by atoms with E-state index in [0.29, 0.717) is 24.7 Å². The highest BCUT2D eigenvalue weighted by Crippen LogP contribution is 2.41. The van der Waals surface area contributed by atoms with Gasteiger partial charge in [0.05, 0.1) is 6.04 Å². The van der Waals surface area contributed by atoms with Gasteiger partial charge in [-0.1, -0.05) is 11.6 Å². The smallest absolute Gasteiger partial charge is 0.246 e. The lowest BCUT2D eigenvalue weighted by atomic mass is 9.90. The minimum Gasteiger partial charge on any atom is -0.378 e. The Morgan fingerprint density at radius 3 is 2.51 bits per heavy atom. The average Bonchev–Trinajstić information content (AvgIpc) is 2.85. The zero-order chi connectivity index (χ0) is 25.1. The number of piperazine rings is 1. The molecule has 0 aliphatic carbocycles. The molecule has 188 valence electrons. The number of amides is 2. The third kappa shape index (κ3) is 5.26. The van der Waals surface area contributed by atoms with Crippen LogP contribution in [0.2, 0.25) is 5.02 Å². The number of carbonyl (C=O) groups is 2. The number of benzene rings is 2. The van der Waals surface area contributed by atoms with Crippen LogP contribution in [0.15, 0.2) is 42.5 Å². The van der Waals surface area contributed by atoms with Gasteiger partial charge in [-0.15, -0.1) is 0 Å². The molecule has 2 aliphatic rings. The molecule has 1 saturated heterocycles. The van der Waals surface area contributed by atoms with Crippen LogP contribution >= 0.6 is 11.6 Å². The molecule has 2 amide bonds. The van der Waals surface area contributed by atoms with Gasteiger partial charge < -0.3 is 25.3 Å². The van der Waals surface area contributed by atoms with Crippen molar-refractivity contribution in [3.8, 4) is 0 Å². The molecule has 0 radical (unpaired) electrons. The van der Waals surface area contributed by atoms with E-state index in [1.165, 1.54) is 0 Å². The summed E-state index contributed by atoms with van der Waals surface area (Å²) in [6.45, 7) is 11.3. The molecule has 2 heterocycles. The first-order valence-corrected chi connectivity index (χ1v) is 12.9. The van der Waals surface area contributed by atoms with Crippen molar-refractivity contribution in [3.05, 3.63) is 53.1 Å².